The molecule has 0 saturated heterocycles. The molecule has 1 atom stereocenters. The summed E-state index contributed by atoms with van der Waals surface area (Å²) in [6.07, 6.45) is 5.71. The number of hydrogen-bond donors (Lipinski definition) is 2. The second-order valence-electron chi connectivity index (χ2n) is 8.46. The molecule has 0 saturated carbocycles. The summed E-state index contributed by atoms with van der Waals surface area (Å²) in [4.78, 5) is 36.8. The molecular formula is C22H27N7O5S. The lowest BCUT2D eigenvalue weighted by molar-refractivity contribution is -0.130. The summed E-state index contributed by atoms with van der Waals surface area (Å²) in [6.45, 7) is 3.95. The summed E-state index contributed by atoms with van der Waals surface area (Å²) < 4.78 is 27.6. The first-order valence-corrected chi connectivity index (χ1v) is 12.4. The Balaban J connectivity index is 1.99. The number of fused-ring (bicyclic) bond motifs is 1. The van der Waals surface area contributed by atoms with E-state index in [4.69, 9.17) is 9.98 Å². The lowest BCUT2D eigenvalue weighted by Gasteiger charge is -2.32. The Kier molecular flexibility index (Phi) is 6.49. The minimum atomic E-state index is -4.12. The Hall–Kier alpha value is -3.55. The van der Waals surface area contributed by atoms with Crippen molar-refractivity contribution in [3.8, 4) is 0 Å². The van der Waals surface area contributed by atoms with E-state index in [0.717, 1.165) is 11.1 Å². The number of aryl methyl sites for hydroxylation is 1. The summed E-state index contributed by atoms with van der Waals surface area (Å²) in [5, 5.41) is 9.68. The number of hydrogen-bond acceptors (Lipinski definition) is 8. The molecule has 0 bridgehead atoms. The fourth-order valence-electron chi connectivity index (χ4n) is 4.34. The van der Waals surface area contributed by atoms with Crippen molar-refractivity contribution < 1.29 is 18.0 Å². The predicted octanol–water partition coefficient (Wildman–Crippen LogP) is 0.823. The van der Waals surface area contributed by atoms with Crippen LogP contribution in [0.15, 0.2) is 40.3 Å². The maximum Gasteiger partial charge on any atom is 0.263 e. The van der Waals surface area contributed by atoms with Crippen LogP contribution in [-0.2, 0) is 33.2 Å². The Morgan fingerprint density at radius 2 is 2.09 bits per heavy atom. The zero-order valence-corrected chi connectivity index (χ0v) is 20.7. The van der Waals surface area contributed by atoms with Crippen molar-refractivity contribution in [2.24, 2.45) is 12.2 Å². The van der Waals surface area contributed by atoms with Crippen molar-refractivity contribution in [1.29, 1.82) is 0 Å². The van der Waals surface area contributed by atoms with Gasteiger partial charge in [-0.1, -0.05) is 6.08 Å². The molecule has 0 spiro atoms. The molecule has 1 amide bonds. The molecule has 12 nitrogen and oxygen atoms in total. The number of primary sulfonamides is 1. The fraction of sp³-hybridized carbons (Fsp3) is 0.364. The van der Waals surface area contributed by atoms with Crippen molar-refractivity contribution in [3.63, 3.8) is 0 Å². The van der Waals surface area contributed by atoms with E-state index in [2.05, 4.69) is 15.6 Å². The minimum Gasteiger partial charge on any atom is -0.336 e. The van der Waals surface area contributed by atoms with E-state index in [9.17, 15) is 18.0 Å². The molecule has 35 heavy (non-hydrogen) atoms. The van der Waals surface area contributed by atoms with Crippen molar-refractivity contribution in [2.45, 2.75) is 37.8 Å². The first kappa shape index (κ1) is 24.6. The third-order valence-electron chi connectivity index (χ3n) is 5.96. The van der Waals surface area contributed by atoms with Gasteiger partial charge in [0.05, 0.1) is 35.6 Å². The molecule has 0 unspecified atom stereocenters. The summed E-state index contributed by atoms with van der Waals surface area (Å²) in [6, 6.07) is 2.45. The lowest BCUT2D eigenvalue weighted by Crippen LogP contribution is -2.39. The smallest absolute Gasteiger partial charge is 0.263 e. The molecule has 0 fully saturated rings. The van der Waals surface area contributed by atoms with Gasteiger partial charge in [-0.15, -0.1) is 0 Å². The van der Waals surface area contributed by atoms with E-state index >= 15 is 0 Å². The fourth-order valence-corrected chi connectivity index (χ4v) is 4.90. The largest absolute Gasteiger partial charge is 0.336 e. The highest BCUT2D eigenvalue weighted by Gasteiger charge is 2.25. The normalized spacial score (nSPS) is 16.4. The first-order valence-electron chi connectivity index (χ1n) is 10.9. The number of aromatic nitrogens is 4. The number of anilines is 1. The second-order valence-corrected chi connectivity index (χ2v) is 10.0. The second kappa shape index (κ2) is 9.24. The molecule has 1 aromatic carbocycles. The number of rotatable bonds is 6. The van der Waals surface area contributed by atoms with E-state index < -0.39 is 15.6 Å². The van der Waals surface area contributed by atoms with Gasteiger partial charge in [-0.3, -0.25) is 23.7 Å². The van der Waals surface area contributed by atoms with Crippen LogP contribution in [-0.4, -0.2) is 58.3 Å². The molecule has 0 radical (unpaired) electrons. The van der Waals surface area contributed by atoms with E-state index in [1.165, 1.54) is 30.7 Å². The van der Waals surface area contributed by atoms with Gasteiger partial charge >= 0.3 is 0 Å². The van der Waals surface area contributed by atoms with E-state index in [0.29, 0.717) is 24.0 Å². The molecule has 0 aliphatic carbocycles. The molecule has 13 heteroatoms. The zero-order chi connectivity index (χ0) is 25.5. The predicted molar refractivity (Wildman–Crippen MR) is 130 cm³/mol. The standard InChI is InChI=1S/C22H27N7O5S/c1-13-7-16(5-6-28(13)14(2)30)18-8-17(35(23,32)33)9-19-20(18)25-22(26-34-4)29(21(19)31)12-15-10-24-27(3)11-15/h7-11,13H,5-6,12H2,1-4H3,(H,25,26)(H2,23,32,33)/t13-/m1/s1. The first-order chi connectivity index (χ1) is 16.5. The van der Waals surface area contributed by atoms with Crippen molar-refractivity contribution >= 4 is 38.4 Å². The van der Waals surface area contributed by atoms with Crippen LogP contribution in [0.1, 0.15) is 31.4 Å². The highest BCUT2D eigenvalue weighted by Crippen LogP contribution is 2.32. The summed E-state index contributed by atoms with van der Waals surface area (Å²) in [5.74, 6) is 0.0900. The van der Waals surface area contributed by atoms with Crippen molar-refractivity contribution in [3.05, 3.63) is 52.1 Å². The van der Waals surface area contributed by atoms with Crippen LogP contribution in [0.4, 0.5) is 5.95 Å². The number of sulfonamides is 1. The summed E-state index contributed by atoms with van der Waals surface area (Å²) >= 11 is 0. The third kappa shape index (κ3) is 4.83. The molecule has 1 aliphatic heterocycles. The van der Waals surface area contributed by atoms with Gasteiger partial charge in [0.25, 0.3) is 5.56 Å². The molecule has 4 rings (SSSR count). The summed E-state index contributed by atoms with van der Waals surface area (Å²) in [5.41, 5.74) is 4.46. The monoisotopic (exact) mass is 501 g/mol. The summed E-state index contributed by atoms with van der Waals surface area (Å²) in [7, 11) is -0.960. The van der Waals surface area contributed by atoms with Gasteiger partial charge in [0, 0.05) is 43.9 Å². The Bertz CT molecular complexity index is 1510. The molecule has 3 heterocycles. The average molecular weight is 502 g/mol. The van der Waals surface area contributed by atoms with Gasteiger partial charge in [0.1, 0.15) is 0 Å². The highest BCUT2D eigenvalue weighted by molar-refractivity contribution is 7.89. The third-order valence-corrected chi connectivity index (χ3v) is 6.85. The number of carbonyl (C=O) groups excluding carboxylic acids is 1. The maximum atomic E-state index is 13.6. The zero-order valence-electron chi connectivity index (χ0n) is 19.8. The van der Waals surface area contributed by atoms with Gasteiger partial charge < -0.3 is 4.90 Å². The van der Waals surface area contributed by atoms with Crippen LogP contribution in [0.2, 0.25) is 0 Å². The molecule has 186 valence electrons. The number of nitrogens with two attached hydrogens (primary N) is 1. The van der Waals surface area contributed by atoms with E-state index in [1.54, 1.807) is 29.0 Å². The van der Waals surface area contributed by atoms with Gasteiger partial charge in [-0.05, 0) is 31.1 Å². The van der Waals surface area contributed by atoms with E-state index in [-0.39, 0.29) is 34.7 Å². The highest BCUT2D eigenvalue weighted by atomic mass is 32.2. The topological polar surface area (TPSA) is 154 Å². The van der Waals surface area contributed by atoms with Crippen LogP contribution in [0.3, 0.4) is 0 Å². The SMILES string of the molecule is CONc1nc2c(C3=C[C@@H](C)N(C(C)=O)CC3)cc(S(N)(=O)=O)cc2c(=O)n1Cc1cnn(C)c1. The van der Waals surface area contributed by atoms with Crippen molar-refractivity contribution in [2.75, 3.05) is 19.1 Å². The Labute approximate surface area is 202 Å². The van der Waals surface area contributed by atoms with E-state index in [1.807, 2.05) is 13.0 Å². The minimum absolute atomic E-state index is 0.0565. The Morgan fingerprint density at radius 1 is 1.34 bits per heavy atom. The number of amides is 1. The van der Waals surface area contributed by atoms with Crippen LogP contribution in [0, 0.1) is 0 Å². The number of nitrogens with zero attached hydrogens (tertiary/aromatic N) is 5. The molecule has 1 aliphatic rings. The molecule has 3 aromatic rings. The van der Waals surface area contributed by atoms with Gasteiger partial charge in [-0.25, -0.2) is 24.0 Å². The van der Waals surface area contributed by atoms with Crippen LogP contribution in [0.5, 0.6) is 0 Å². The molecule has 3 N–H and O–H groups in total. The molecular weight excluding hydrogens is 474 g/mol. The maximum absolute atomic E-state index is 13.6. The van der Waals surface area contributed by atoms with Crippen LogP contribution < -0.4 is 16.2 Å². The van der Waals surface area contributed by atoms with Gasteiger partial charge in [-0.2, -0.15) is 5.10 Å². The Morgan fingerprint density at radius 3 is 2.66 bits per heavy atom. The number of nitrogens with one attached hydrogen (secondary N) is 1. The van der Waals surface area contributed by atoms with Crippen molar-refractivity contribution in [1.82, 2.24) is 24.2 Å². The quantitative estimate of drug-likeness (QED) is 0.471. The average Bonchev–Trinajstić information content (AvgIpc) is 3.19. The number of carbonyl (C=O) groups is 1. The lowest BCUT2D eigenvalue weighted by atomic mass is 9.94. The van der Waals surface area contributed by atoms with Gasteiger partial charge in [0.2, 0.25) is 21.9 Å². The van der Waals surface area contributed by atoms with Crippen LogP contribution in [0.25, 0.3) is 16.5 Å². The number of benzene rings is 1. The van der Waals surface area contributed by atoms with Crippen LogP contribution >= 0.6 is 0 Å². The van der Waals surface area contributed by atoms with Gasteiger partial charge in [0.15, 0.2) is 0 Å². The molecule has 2 aromatic heterocycles.